The minimum atomic E-state index is -0.642. The third kappa shape index (κ3) is 7.82. The van der Waals surface area contributed by atoms with Gasteiger partial charge in [0.1, 0.15) is 0 Å². The van der Waals surface area contributed by atoms with Crippen LogP contribution >= 0.6 is 23.4 Å². The van der Waals surface area contributed by atoms with Crippen molar-refractivity contribution < 1.29 is 14.3 Å². The smallest absolute Gasteiger partial charge is 0.331 e. The summed E-state index contributed by atoms with van der Waals surface area (Å²) in [5.74, 6) is -1.08. The van der Waals surface area contributed by atoms with Crippen LogP contribution in [0.15, 0.2) is 156 Å². The van der Waals surface area contributed by atoms with Gasteiger partial charge >= 0.3 is 5.97 Å². The van der Waals surface area contributed by atoms with Crippen molar-refractivity contribution in [2.24, 2.45) is 0 Å². The van der Waals surface area contributed by atoms with E-state index in [1.165, 1.54) is 17.8 Å². The molecule has 8 heteroatoms. The van der Waals surface area contributed by atoms with E-state index in [1.54, 1.807) is 16.8 Å². The molecule has 0 aliphatic heterocycles. The first-order valence-corrected chi connectivity index (χ1v) is 15.7. The van der Waals surface area contributed by atoms with Crippen molar-refractivity contribution in [2.45, 2.75) is 9.79 Å². The zero-order chi connectivity index (χ0) is 31.7. The van der Waals surface area contributed by atoms with Gasteiger partial charge in [-0.3, -0.25) is 4.79 Å². The van der Waals surface area contributed by atoms with E-state index in [0.717, 1.165) is 37.7 Å². The van der Waals surface area contributed by atoms with Crippen LogP contribution in [-0.2, 0) is 14.3 Å². The average molecular weight is 642 g/mol. The minimum absolute atomic E-state index is 0.430. The molecule has 1 amide bonds. The zero-order valence-corrected chi connectivity index (χ0v) is 26.1. The number of nitrogens with zero attached hydrogens (tertiary/aromatic N) is 2. The Labute approximate surface area is 276 Å². The maximum absolute atomic E-state index is 12.7. The molecule has 0 fully saturated rings. The number of anilines is 1. The monoisotopic (exact) mass is 641 g/mol. The highest BCUT2D eigenvalue weighted by molar-refractivity contribution is 7.99. The van der Waals surface area contributed by atoms with Gasteiger partial charge in [-0.25, -0.2) is 9.48 Å². The second kappa shape index (κ2) is 14.6. The van der Waals surface area contributed by atoms with Crippen LogP contribution in [0.3, 0.4) is 0 Å². The minimum Gasteiger partial charge on any atom is -0.452 e. The molecule has 226 valence electrons. The summed E-state index contributed by atoms with van der Waals surface area (Å²) >= 11 is 7.50. The molecule has 1 aromatic heterocycles. The highest BCUT2D eigenvalue weighted by atomic mass is 35.5. The number of carbonyl (C=O) groups is 2. The molecule has 0 spiro atoms. The Kier molecular flexibility index (Phi) is 9.73. The first-order chi connectivity index (χ1) is 22.5. The first-order valence-electron chi connectivity index (χ1n) is 14.5. The van der Waals surface area contributed by atoms with Gasteiger partial charge in [-0.15, -0.1) is 0 Å². The molecule has 6 aromatic rings. The molecule has 1 heterocycles. The Hall–Kier alpha value is -5.37. The number of ether oxygens (including phenoxy) is 1. The highest BCUT2D eigenvalue weighted by Crippen LogP contribution is 2.34. The van der Waals surface area contributed by atoms with Crippen LogP contribution < -0.4 is 5.32 Å². The van der Waals surface area contributed by atoms with Gasteiger partial charge in [0.25, 0.3) is 5.91 Å². The maximum Gasteiger partial charge on any atom is 0.331 e. The Morgan fingerprint density at radius 3 is 2.13 bits per heavy atom. The fourth-order valence-corrected chi connectivity index (χ4v) is 5.74. The van der Waals surface area contributed by atoms with Crippen molar-refractivity contribution in [1.29, 1.82) is 0 Å². The number of halogens is 1. The molecule has 0 saturated carbocycles. The van der Waals surface area contributed by atoms with E-state index in [-0.39, 0.29) is 0 Å². The van der Waals surface area contributed by atoms with Crippen molar-refractivity contribution in [3.63, 3.8) is 0 Å². The predicted molar refractivity (Wildman–Crippen MR) is 185 cm³/mol. The molecular weight excluding hydrogens is 614 g/mol. The molecule has 0 aliphatic carbocycles. The summed E-state index contributed by atoms with van der Waals surface area (Å²) < 4.78 is 7.06. The fourth-order valence-electron chi connectivity index (χ4n) is 4.72. The number of benzene rings is 5. The van der Waals surface area contributed by atoms with Crippen LogP contribution in [0.4, 0.5) is 5.69 Å². The van der Waals surface area contributed by atoms with Crippen LogP contribution in [0.25, 0.3) is 34.1 Å². The normalized spacial score (nSPS) is 11.0. The molecule has 46 heavy (non-hydrogen) atoms. The van der Waals surface area contributed by atoms with Gasteiger partial charge < -0.3 is 10.1 Å². The fraction of sp³-hybridized carbons (Fsp3) is 0.0263. The third-order valence-corrected chi connectivity index (χ3v) is 8.31. The van der Waals surface area contributed by atoms with Crippen LogP contribution in [0.1, 0.15) is 5.56 Å². The van der Waals surface area contributed by atoms with Crippen molar-refractivity contribution in [3.05, 3.63) is 156 Å². The Balaban J connectivity index is 1.14. The molecule has 0 atom stereocenters. The van der Waals surface area contributed by atoms with Crippen molar-refractivity contribution >= 4 is 47.0 Å². The lowest BCUT2D eigenvalue weighted by Gasteiger charge is -2.11. The summed E-state index contributed by atoms with van der Waals surface area (Å²) in [6.07, 6.45) is 4.83. The Morgan fingerprint density at radius 2 is 1.39 bits per heavy atom. The molecule has 6 rings (SSSR count). The summed E-state index contributed by atoms with van der Waals surface area (Å²) in [6.45, 7) is -0.430. The highest BCUT2D eigenvalue weighted by Gasteiger charge is 2.13. The number of rotatable bonds is 10. The molecule has 0 bridgehead atoms. The van der Waals surface area contributed by atoms with E-state index in [2.05, 4.69) is 29.6 Å². The second-order valence-electron chi connectivity index (χ2n) is 10.2. The van der Waals surface area contributed by atoms with E-state index >= 15 is 0 Å². The summed E-state index contributed by atoms with van der Waals surface area (Å²) in [6, 6.07) is 42.9. The second-order valence-corrected chi connectivity index (χ2v) is 11.7. The molecule has 1 N–H and O–H groups in total. The topological polar surface area (TPSA) is 73.2 Å². The van der Waals surface area contributed by atoms with Gasteiger partial charge in [0, 0.05) is 38.2 Å². The number of para-hydroxylation sites is 2. The third-order valence-electron chi connectivity index (χ3n) is 6.98. The van der Waals surface area contributed by atoms with Crippen LogP contribution in [0, 0.1) is 0 Å². The molecule has 0 unspecified atom stereocenters. The van der Waals surface area contributed by atoms with E-state index < -0.39 is 18.5 Å². The van der Waals surface area contributed by atoms with Crippen molar-refractivity contribution in [2.75, 3.05) is 11.9 Å². The van der Waals surface area contributed by atoms with E-state index in [1.807, 2.05) is 109 Å². The van der Waals surface area contributed by atoms with Crippen LogP contribution in [0.5, 0.6) is 0 Å². The SMILES string of the molecule is O=C(COC(=O)C=Cc1cn(-c2ccccc2)nc1-c1ccc(-c2ccccc2)cc1)Nc1ccccc1Sc1ccc(Cl)cc1. The maximum atomic E-state index is 12.7. The largest absolute Gasteiger partial charge is 0.452 e. The number of aromatic nitrogens is 2. The Morgan fingerprint density at radius 1 is 0.761 bits per heavy atom. The zero-order valence-electron chi connectivity index (χ0n) is 24.5. The number of amides is 1. The van der Waals surface area contributed by atoms with Gasteiger partial charge in [-0.2, -0.15) is 5.10 Å². The molecule has 5 aromatic carbocycles. The molecule has 6 nitrogen and oxygen atoms in total. The van der Waals surface area contributed by atoms with Gasteiger partial charge in [-0.1, -0.05) is 108 Å². The quantitative estimate of drug-likeness (QED) is 0.119. The Bertz CT molecular complexity index is 1970. The first kappa shape index (κ1) is 30.6. The van der Waals surface area contributed by atoms with Crippen molar-refractivity contribution in [3.8, 4) is 28.1 Å². The number of nitrogens with one attached hydrogen (secondary N) is 1. The molecule has 0 aliphatic rings. The van der Waals surface area contributed by atoms with E-state index in [4.69, 9.17) is 21.4 Å². The van der Waals surface area contributed by atoms with Gasteiger partial charge in [0.05, 0.1) is 17.1 Å². The average Bonchev–Trinajstić information content (AvgIpc) is 3.53. The van der Waals surface area contributed by atoms with Gasteiger partial charge in [0.2, 0.25) is 0 Å². The van der Waals surface area contributed by atoms with Crippen molar-refractivity contribution in [1.82, 2.24) is 9.78 Å². The number of hydrogen-bond acceptors (Lipinski definition) is 5. The van der Waals surface area contributed by atoms with Gasteiger partial charge in [0.15, 0.2) is 6.61 Å². The summed E-state index contributed by atoms with van der Waals surface area (Å²) in [5, 5.41) is 8.33. The summed E-state index contributed by atoms with van der Waals surface area (Å²) in [5.41, 5.74) is 6.06. The van der Waals surface area contributed by atoms with Gasteiger partial charge in [-0.05, 0) is 65.7 Å². The lowest BCUT2D eigenvalue weighted by Crippen LogP contribution is -2.20. The molecular formula is C38H28ClN3O3S. The van der Waals surface area contributed by atoms with Crippen LogP contribution in [0.2, 0.25) is 5.02 Å². The standard InChI is InChI=1S/C38H28ClN3O3S/c39-31-20-22-33(23-21-31)46-35-14-8-7-13-34(35)40-36(43)26-45-37(44)24-19-30-25-42(32-11-5-2-6-12-32)41-38(30)29-17-15-28(16-18-29)27-9-3-1-4-10-27/h1-25H,26H2,(H,40,43). The summed E-state index contributed by atoms with van der Waals surface area (Å²) in [4.78, 5) is 27.2. The number of hydrogen-bond donors (Lipinski definition) is 1. The summed E-state index contributed by atoms with van der Waals surface area (Å²) in [7, 11) is 0. The lowest BCUT2D eigenvalue weighted by atomic mass is 10.0. The van der Waals surface area contributed by atoms with E-state index in [0.29, 0.717) is 16.4 Å². The number of carbonyl (C=O) groups excluding carboxylic acids is 2. The lowest BCUT2D eigenvalue weighted by molar-refractivity contribution is -0.142. The predicted octanol–water partition coefficient (Wildman–Crippen LogP) is 9.21. The number of esters is 1. The van der Waals surface area contributed by atoms with Crippen LogP contribution in [-0.4, -0.2) is 28.3 Å². The van der Waals surface area contributed by atoms with E-state index in [9.17, 15) is 9.59 Å². The molecule has 0 radical (unpaired) electrons. The molecule has 0 saturated heterocycles.